The second kappa shape index (κ2) is 4.24. The standard InChI is InChI=1S/C15H13N3OS/c1-9-2-4-10(5-3-9)12-8-13-16-11-6-7-20-14(11)15(19)18(13)17-12/h2-5,8,17H,6-7H2,1H3. The van der Waals surface area contributed by atoms with Gasteiger partial charge in [-0.15, -0.1) is 11.8 Å². The van der Waals surface area contributed by atoms with Crippen LogP contribution >= 0.6 is 11.8 Å². The Kier molecular flexibility index (Phi) is 2.50. The van der Waals surface area contributed by atoms with Crippen LogP contribution in [0, 0.1) is 6.92 Å². The molecule has 0 unspecified atom stereocenters. The number of H-pyrrole nitrogens is 1. The summed E-state index contributed by atoms with van der Waals surface area (Å²) in [7, 11) is 0. The molecule has 0 saturated carbocycles. The number of hydrogen-bond donors (Lipinski definition) is 1. The smallest absolute Gasteiger partial charge is 0.286 e. The molecule has 5 heteroatoms. The largest absolute Gasteiger partial charge is 0.289 e. The molecule has 1 N–H and O–H groups in total. The molecule has 1 aliphatic rings. The second-order valence-corrected chi connectivity index (χ2v) is 6.13. The van der Waals surface area contributed by atoms with Gasteiger partial charge in [0.15, 0.2) is 5.65 Å². The van der Waals surface area contributed by atoms with Crippen molar-refractivity contribution in [1.82, 2.24) is 14.6 Å². The summed E-state index contributed by atoms with van der Waals surface area (Å²) in [6.07, 6.45) is 0.886. The highest BCUT2D eigenvalue weighted by molar-refractivity contribution is 7.99. The molecule has 100 valence electrons. The third-order valence-electron chi connectivity index (χ3n) is 3.59. The summed E-state index contributed by atoms with van der Waals surface area (Å²) in [4.78, 5) is 17.8. The summed E-state index contributed by atoms with van der Waals surface area (Å²) >= 11 is 1.60. The number of rotatable bonds is 1. The van der Waals surface area contributed by atoms with Crippen LogP contribution in [0.5, 0.6) is 0 Å². The first-order valence-corrected chi connectivity index (χ1v) is 7.55. The molecule has 2 aromatic heterocycles. The molecule has 3 aromatic rings. The Labute approximate surface area is 119 Å². The number of aryl methyl sites for hydroxylation is 2. The Morgan fingerprint density at radius 1 is 1.30 bits per heavy atom. The van der Waals surface area contributed by atoms with Crippen molar-refractivity contribution in [2.45, 2.75) is 18.2 Å². The van der Waals surface area contributed by atoms with E-state index in [1.165, 1.54) is 5.56 Å². The highest BCUT2D eigenvalue weighted by Crippen LogP contribution is 2.27. The molecular weight excluding hydrogens is 270 g/mol. The molecule has 0 saturated heterocycles. The minimum absolute atomic E-state index is 0.0193. The minimum atomic E-state index is 0.0193. The zero-order valence-corrected chi connectivity index (χ0v) is 11.8. The number of nitrogens with one attached hydrogen (secondary N) is 1. The van der Waals surface area contributed by atoms with Crippen molar-refractivity contribution in [1.29, 1.82) is 0 Å². The van der Waals surface area contributed by atoms with Gasteiger partial charge in [0.1, 0.15) is 0 Å². The second-order valence-electron chi connectivity index (χ2n) is 5.02. The van der Waals surface area contributed by atoms with Gasteiger partial charge in [-0.1, -0.05) is 29.8 Å². The van der Waals surface area contributed by atoms with Crippen molar-refractivity contribution in [2.75, 3.05) is 5.75 Å². The van der Waals surface area contributed by atoms with Crippen molar-refractivity contribution in [3.05, 3.63) is 51.9 Å². The van der Waals surface area contributed by atoms with E-state index in [4.69, 9.17) is 0 Å². The molecule has 1 aromatic carbocycles. The van der Waals surface area contributed by atoms with E-state index in [1.807, 2.05) is 18.2 Å². The Morgan fingerprint density at radius 2 is 2.10 bits per heavy atom. The summed E-state index contributed by atoms with van der Waals surface area (Å²) in [5, 5.41) is 3.16. The molecule has 1 aliphatic heterocycles. The molecule has 0 atom stereocenters. The third kappa shape index (κ3) is 1.70. The molecule has 0 aliphatic carbocycles. The summed E-state index contributed by atoms with van der Waals surface area (Å²) in [5.74, 6) is 0.954. The van der Waals surface area contributed by atoms with Crippen LogP contribution in [0.1, 0.15) is 11.3 Å². The molecule has 0 bridgehead atoms. The van der Waals surface area contributed by atoms with Crippen molar-refractivity contribution in [3.8, 4) is 11.3 Å². The number of thioether (sulfide) groups is 1. The maximum Gasteiger partial charge on any atom is 0.286 e. The Morgan fingerprint density at radius 3 is 2.90 bits per heavy atom. The average molecular weight is 283 g/mol. The van der Waals surface area contributed by atoms with E-state index in [-0.39, 0.29) is 5.56 Å². The first kappa shape index (κ1) is 11.8. The number of aromatic amines is 1. The van der Waals surface area contributed by atoms with E-state index in [0.717, 1.165) is 34.0 Å². The lowest BCUT2D eigenvalue weighted by atomic mass is 10.1. The fourth-order valence-electron chi connectivity index (χ4n) is 2.50. The number of fused-ring (bicyclic) bond motifs is 2. The molecule has 0 amide bonds. The van der Waals surface area contributed by atoms with Gasteiger partial charge >= 0.3 is 0 Å². The lowest BCUT2D eigenvalue weighted by Crippen LogP contribution is -2.17. The first-order valence-electron chi connectivity index (χ1n) is 6.57. The van der Waals surface area contributed by atoms with Crippen molar-refractivity contribution >= 4 is 17.4 Å². The molecule has 4 nitrogen and oxygen atoms in total. The molecule has 4 rings (SSSR count). The topological polar surface area (TPSA) is 50.2 Å². The molecule has 20 heavy (non-hydrogen) atoms. The van der Waals surface area contributed by atoms with Crippen molar-refractivity contribution in [3.63, 3.8) is 0 Å². The Hall–Kier alpha value is -2.01. The van der Waals surface area contributed by atoms with E-state index in [1.54, 1.807) is 16.3 Å². The van der Waals surface area contributed by atoms with Gasteiger partial charge in [0, 0.05) is 18.2 Å². The lowest BCUT2D eigenvalue weighted by molar-refractivity contribution is 0.847. The van der Waals surface area contributed by atoms with Gasteiger partial charge in [-0.3, -0.25) is 9.89 Å². The van der Waals surface area contributed by atoms with Crippen molar-refractivity contribution < 1.29 is 0 Å². The van der Waals surface area contributed by atoms with Gasteiger partial charge in [0.25, 0.3) is 5.56 Å². The highest BCUT2D eigenvalue weighted by atomic mass is 32.2. The normalized spacial score (nSPS) is 13.8. The van der Waals surface area contributed by atoms with Gasteiger partial charge in [-0.25, -0.2) is 9.50 Å². The van der Waals surface area contributed by atoms with E-state index in [0.29, 0.717) is 5.65 Å². The molecule has 0 fully saturated rings. The maximum atomic E-state index is 12.4. The van der Waals surface area contributed by atoms with Gasteiger partial charge < -0.3 is 0 Å². The fraction of sp³-hybridized carbons (Fsp3) is 0.200. The predicted octanol–water partition coefficient (Wildman–Crippen LogP) is 2.65. The van der Waals surface area contributed by atoms with Crippen LogP contribution in [-0.4, -0.2) is 20.4 Å². The van der Waals surface area contributed by atoms with Gasteiger partial charge in [-0.05, 0) is 12.5 Å². The maximum absolute atomic E-state index is 12.4. The molecule has 0 spiro atoms. The summed E-state index contributed by atoms with van der Waals surface area (Å²) in [6, 6.07) is 10.2. The molecular formula is C15H13N3OS. The third-order valence-corrected chi connectivity index (χ3v) is 4.70. The summed E-state index contributed by atoms with van der Waals surface area (Å²) in [6.45, 7) is 2.06. The highest BCUT2D eigenvalue weighted by Gasteiger charge is 2.20. The lowest BCUT2D eigenvalue weighted by Gasteiger charge is -1.98. The van der Waals surface area contributed by atoms with Crippen LogP contribution in [0.15, 0.2) is 40.0 Å². The van der Waals surface area contributed by atoms with Gasteiger partial charge in [0.2, 0.25) is 0 Å². The minimum Gasteiger partial charge on any atom is -0.289 e. The fourth-order valence-corrected chi connectivity index (χ4v) is 3.53. The van der Waals surface area contributed by atoms with Crippen LogP contribution in [-0.2, 0) is 6.42 Å². The molecule has 0 radical (unpaired) electrons. The number of nitrogens with zero attached hydrogens (tertiary/aromatic N) is 2. The van der Waals surface area contributed by atoms with Crippen LogP contribution in [0.2, 0.25) is 0 Å². The zero-order valence-electron chi connectivity index (χ0n) is 11.0. The van der Waals surface area contributed by atoms with Crippen LogP contribution in [0.25, 0.3) is 16.9 Å². The Bertz CT molecular complexity index is 861. The number of aromatic nitrogens is 3. The van der Waals surface area contributed by atoms with E-state index in [9.17, 15) is 4.79 Å². The van der Waals surface area contributed by atoms with Gasteiger partial charge in [-0.2, -0.15) is 0 Å². The van der Waals surface area contributed by atoms with Crippen molar-refractivity contribution in [2.24, 2.45) is 0 Å². The average Bonchev–Trinajstić information content (AvgIpc) is 3.06. The van der Waals surface area contributed by atoms with Crippen LogP contribution < -0.4 is 5.56 Å². The number of hydrogen-bond acceptors (Lipinski definition) is 3. The Balaban J connectivity index is 1.94. The predicted molar refractivity (Wildman–Crippen MR) is 80.4 cm³/mol. The number of benzene rings is 1. The van der Waals surface area contributed by atoms with Crippen LogP contribution in [0.4, 0.5) is 0 Å². The zero-order chi connectivity index (χ0) is 13.7. The quantitative estimate of drug-likeness (QED) is 0.747. The van der Waals surface area contributed by atoms with E-state index in [2.05, 4.69) is 29.1 Å². The van der Waals surface area contributed by atoms with Crippen LogP contribution in [0.3, 0.4) is 0 Å². The van der Waals surface area contributed by atoms with E-state index < -0.39 is 0 Å². The molecule has 3 heterocycles. The monoisotopic (exact) mass is 283 g/mol. The first-order chi connectivity index (χ1) is 9.72. The van der Waals surface area contributed by atoms with E-state index >= 15 is 0 Å². The SMILES string of the molecule is Cc1ccc(-c2cc3nc4c(c(=O)n3[nH]2)SCC4)cc1. The summed E-state index contributed by atoms with van der Waals surface area (Å²) < 4.78 is 1.55. The van der Waals surface area contributed by atoms with Gasteiger partial charge in [0.05, 0.1) is 16.3 Å². The summed E-state index contributed by atoms with van der Waals surface area (Å²) in [5.41, 5.74) is 4.86.